The van der Waals surface area contributed by atoms with Gasteiger partial charge in [0, 0.05) is 5.54 Å². The van der Waals surface area contributed by atoms with Crippen molar-refractivity contribution in [2.75, 3.05) is 11.1 Å². The van der Waals surface area contributed by atoms with Gasteiger partial charge in [0.2, 0.25) is 0 Å². The molecule has 3 N–H and O–H groups in total. The molecule has 0 radical (unpaired) electrons. The van der Waals surface area contributed by atoms with E-state index in [1.807, 2.05) is 0 Å². The fraction of sp³-hybridized carbons (Fsp3) is 0.583. The Bertz CT molecular complexity index is 414. The number of anilines is 2. The molecule has 5 heteroatoms. The van der Waals surface area contributed by atoms with Gasteiger partial charge in [-0.1, -0.05) is 42.5 Å². The molecule has 0 bridgehead atoms. The highest BCUT2D eigenvalue weighted by atomic mass is 35.5. The molecule has 1 aromatic rings. The zero-order chi connectivity index (χ0) is 12.5. The molecule has 17 heavy (non-hydrogen) atoms. The van der Waals surface area contributed by atoms with Crippen LogP contribution in [0.4, 0.5) is 11.6 Å². The Kier molecular flexibility index (Phi) is 3.69. The molecule has 1 saturated carbocycles. The van der Waals surface area contributed by atoms with E-state index in [9.17, 15) is 0 Å². The summed E-state index contributed by atoms with van der Waals surface area (Å²) in [4.78, 5) is 4.21. The first-order valence-corrected chi connectivity index (χ1v) is 6.65. The SMILES string of the molecule is CC1(Nc2nc(N)c(Cl)cc2Cl)CCCCC1. The van der Waals surface area contributed by atoms with E-state index >= 15 is 0 Å². The van der Waals surface area contributed by atoms with Crippen LogP contribution in [0.3, 0.4) is 0 Å². The van der Waals surface area contributed by atoms with Gasteiger partial charge in [0.15, 0.2) is 0 Å². The van der Waals surface area contributed by atoms with Crippen LogP contribution in [0.1, 0.15) is 39.0 Å². The summed E-state index contributed by atoms with van der Waals surface area (Å²) in [5.41, 5.74) is 5.76. The summed E-state index contributed by atoms with van der Waals surface area (Å²) in [5.74, 6) is 0.955. The van der Waals surface area contributed by atoms with Gasteiger partial charge in [-0.05, 0) is 25.8 Å². The molecule has 0 aromatic carbocycles. The number of nitrogens with two attached hydrogens (primary N) is 1. The molecular formula is C12H17Cl2N3. The van der Waals surface area contributed by atoms with Crippen molar-refractivity contribution >= 4 is 34.8 Å². The van der Waals surface area contributed by atoms with Gasteiger partial charge < -0.3 is 11.1 Å². The molecule has 1 heterocycles. The van der Waals surface area contributed by atoms with Crippen LogP contribution in [0.5, 0.6) is 0 Å². The molecule has 0 atom stereocenters. The first-order chi connectivity index (χ1) is 8.00. The fourth-order valence-corrected chi connectivity index (χ4v) is 2.72. The van der Waals surface area contributed by atoms with E-state index in [2.05, 4.69) is 17.2 Å². The molecule has 0 saturated heterocycles. The Hall–Kier alpha value is -0.670. The van der Waals surface area contributed by atoms with Crippen molar-refractivity contribution in [3.63, 3.8) is 0 Å². The molecule has 2 rings (SSSR count). The number of nitrogen functional groups attached to an aromatic ring is 1. The molecular weight excluding hydrogens is 257 g/mol. The lowest BCUT2D eigenvalue weighted by atomic mass is 9.83. The molecule has 3 nitrogen and oxygen atoms in total. The van der Waals surface area contributed by atoms with Crippen LogP contribution in [0.15, 0.2) is 6.07 Å². The molecule has 1 aliphatic rings. The quantitative estimate of drug-likeness (QED) is 0.853. The van der Waals surface area contributed by atoms with E-state index in [4.69, 9.17) is 28.9 Å². The summed E-state index contributed by atoms with van der Waals surface area (Å²) in [6.07, 6.45) is 6.05. The van der Waals surface area contributed by atoms with Crippen LogP contribution in [0.25, 0.3) is 0 Å². The second kappa shape index (κ2) is 4.91. The molecule has 1 aromatic heterocycles. The van der Waals surface area contributed by atoms with Gasteiger partial charge in [-0.15, -0.1) is 0 Å². The van der Waals surface area contributed by atoms with Crippen LogP contribution in [0.2, 0.25) is 10.0 Å². The molecule has 0 amide bonds. The lowest BCUT2D eigenvalue weighted by molar-refractivity contribution is 0.348. The number of aromatic nitrogens is 1. The maximum absolute atomic E-state index is 6.12. The predicted octanol–water partition coefficient (Wildman–Crippen LogP) is 4.11. The summed E-state index contributed by atoms with van der Waals surface area (Å²) < 4.78 is 0. The molecule has 1 fully saturated rings. The van der Waals surface area contributed by atoms with E-state index in [1.54, 1.807) is 6.07 Å². The minimum atomic E-state index is 0.0646. The van der Waals surface area contributed by atoms with Gasteiger partial charge in [-0.2, -0.15) is 0 Å². The maximum atomic E-state index is 6.12. The topological polar surface area (TPSA) is 50.9 Å². The molecule has 0 spiro atoms. The van der Waals surface area contributed by atoms with Crippen molar-refractivity contribution in [2.24, 2.45) is 0 Å². The van der Waals surface area contributed by atoms with E-state index in [1.165, 1.54) is 19.3 Å². The zero-order valence-electron chi connectivity index (χ0n) is 9.89. The number of hydrogen-bond acceptors (Lipinski definition) is 3. The molecule has 0 unspecified atom stereocenters. The number of rotatable bonds is 2. The van der Waals surface area contributed by atoms with Crippen LogP contribution in [-0.2, 0) is 0 Å². The van der Waals surface area contributed by atoms with Crippen LogP contribution in [-0.4, -0.2) is 10.5 Å². The van der Waals surface area contributed by atoms with Crippen LogP contribution < -0.4 is 11.1 Å². The first kappa shape index (κ1) is 12.8. The largest absolute Gasteiger partial charge is 0.382 e. The van der Waals surface area contributed by atoms with Crippen molar-refractivity contribution in [1.82, 2.24) is 4.98 Å². The van der Waals surface area contributed by atoms with Gasteiger partial charge in [0.05, 0.1) is 10.0 Å². The Morgan fingerprint density at radius 3 is 2.53 bits per heavy atom. The number of halogens is 2. The summed E-state index contributed by atoms with van der Waals surface area (Å²) in [5, 5.41) is 4.33. The van der Waals surface area contributed by atoms with E-state index in [0.717, 1.165) is 12.8 Å². The van der Waals surface area contributed by atoms with Gasteiger partial charge in [-0.25, -0.2) is 4.98 Å². The number of nitrogens with zero attached hydrogens (tertiary/aromatic N) is 1. The predicted molar refractivity (Wildman–Crippen MR) is 73.8 cm³/mol. The average Bonchev–Trinajstić information content (AvgIpc) is 2.26. The van der Waals surface area contributed by atoms with Crippen molar-refractivity contribution < 1.29 is 0 Å². The highest BCUT2D eigenvalue weighted by Crippen LogP contribution is 2.34. The smallest absolute Gasteiger partial charge is 0.147 e. The summed E-state index contributed by atoms with van der Waals surface area (Å²) in [7, 11) is 0. The minimum Gasteiger partial charge on any atom is -0.382 e. The first-order valence-electron chi connectivity index (χ1n) is 5.90. The van der Waals surface area contributed by atoms with Crippen LogP contribution in [0, 0.1) is 0 Å². The second-order valence-electron chi connectivity index (χ2n) is 4.93. The lowest BCUT2D eigenvalue weighted by Gasteiger charge is -2.35. The van der Waals surface area contributed by atoms with Crippen molar-refractivity contribution in [1.29, 1.82) is 0 Å². The Balaban J connectivity index is 2.20. The highest BCUT2D eigenvalue weighted by Gasteiger charge is 2.27. The highest BCUT2D eigenvalue weighted by molar-refractivity contribution is 6.37. The standard InChI is InChI=1S/C12H17Cl2N3/c1-12(5-3-2-4-6-12)17-11-9(14)7-8(13)10(15)16-11/h7H,2-6H2,1H3,(H3,15,16,17). The van der Waals surface area contributed by atoms with E-state index < -0.39 is 0 Å². The summed E-state index contributed by atoms with van der Waals surface area (Å²) >= 11 is 12.0. The fourth-order valence-electron chi connectivity index (χ4n) is 2.31. The normalized spacial score (nSPS) is 19.0. The van der Waals surface area contributed by atoms with Crippen molar-refractivity contribution in [3.05, 3.63) is 16.1 Å². The number of hydrogen-bond donors (Lipinski definition) is 2. The monoisotopic (exact) mass is 273 g/mol. The summed E-state index contributed by atoms with van der Waals surface area (Å²) in [6.45, 7) is 2.20. The number of nitrogens with one attached hydrogen (secondary N) is 1. The summed E-state index contributed by atoms with van der Waals surface area (Å²) in [6, 6.07) is 1.64. The average molecular weight is 274 g/mol. The minimum absolute atomic E-state index is 0.0646. The van der Waals surface area contributed by atoms with Gasteiger partial charge in [0.1, 0.15) is 11.6 Å². The third-order valence-corrected chi connectivity index (χ3v) is 3.92. The number of pyridine rings is 1. The van der Waals surface area contributed by atoms with Gasteiger partial charge >= 0.3 is 0 Å². The lowest BCUT2D eigenvalue weighted by Crippen LogP contribution is -2.37. The molecule has 0 aliphatic heterocycles. The Morgan fingerprint density at radius 1 is 1.24 bits per heavy atom. The van der Waals surface area contributed by atoms with E-state index in [-0.39, 0.29) is 5.54 Å². The van der Waals surface area contributed by atoms with Crippen LogP contribution >= 0.6 is 23.2 Å². The maximum Gasteiger partial charge on any atom is 0.147 e. The Morgan fingerprint density at radius 2 is 1.88 bits per heavy atom. The zero-order valence-corrected chi connectivity index (χ0v) is 11.4. The van der Waals surface area contributed by atoms with Crippen molar-refractivity contribution in [2.45, 2.75) is 44.6 Å². The van der Waals surface area contributed by atoms with Gasteiger partial charge in [0.25, 0.3) is 0 Å². The third kappa shape index (κ3) is 2.96. The van der Waals surface area contributed by atoms with Crippen molar-refractivity contribution in [3.8, 4) is 0 Å². The Labute approximate surface area is 112 Å². The van der Waals surface area contributed by atoms with Gasteiger partial charge in [-0.3, -0.25) is 0 Å². The molecule has 94 valence electrons. The molecule has 1 aliphatic carbocycles. The van der Waals surface area contributed by atoms with E-state index in [0.29, 0.717) is 21.7 Å². The third-order valence-electron chi connectivity index (χ3n) is 3.33. The second-order valence-corrected chi connectivity index (χ2v) is 5.75.